The molecule has 0 aromatic carbocycles. The van der Waals surface area contributed by atoms with Crippen molar-refractivity contribution in [3.63, 3.8) is 0 Å². The van der Waals surface area contributed by atoms with Crippen LogP contribution in [0.1, 0.15) is 45.4 Å². The third-order valence-electron chi connectivity index (χ3n) is 3.74. The maximum atomic E-state index is 5.95. The van der Waals surface area contributed by atoms with E-state index in [2.05, 4.69) is 12.2 Å². The molecule has 1 aliphatic carbocycles. The van der Waals surface area contributed by atoms with Gasteiger partial charge in [0, 0.05) is 6.04 Å². The van der Waals surface area contributed by atoms with Gasteiger partial charge in [0.2, 0.25) is 0 Å². The minimum atomic E-state index is 0.575. The van der Waals surface area contributed by atoms with Gasteiger partial charge in [0.05, 0.1) is 12.7 Å². The molecule has 0 bridgehead atoms. The second kappa shape index (κ2) is 5.13. The van der Waals surface area contributed by atoms with Gasteiger partial charge in [-0.05, 0) is 38.1 Å². The third-order valence-corrected chi connectivity index (χ3v) is 3.74. The standard InChI is InChI=1S/C12H23NO/c1-10-5-4-8-13-12(10)9-14-11-6-2-3-7-11/h10-13H,2-9H2,1H3. The van der Waals surface area contributed by atoms with Crippen molar-refractivity contribution in [3.8, 4) is 0 Å². The maximum absolute atomic E-state index is 5.95. The summed E-state index contributed by atoms with van der Waals surface area (Å²) in [5, 5.41) is 3.57. The smallest absolute Gasteiger partial charge is 0.0625 e. The van der Waals surface area contributed by atoms with Gasteiger partial charge in [-0.25, -0.2) is 0 Å². The van der Waals surface area contributed by atoms with Crippen LogP contribution in [0, 0.1) is 5.92 Å². The predicted molar refractivity (Wildman–Crippen MR) is 58.4 cm³/mol. The van der Waals surface area contributed by atoms with Crippen molar-refractivity contribution in [2.75, 3.05) is 13.2 Å². The molecule has 0 aromatic heterocycles. The van der Waals surface area contributed by atoms with Crippen LogP contribution < -0.4 is 5.32 Å². The SMILES string of the molecule is CC1CCCNC1COC1CCCC1. The van der Waals surface area contributed by atoms with Crippen molar-refractivity contribution in [1.29, 1.82) is 0 Å². The first-order chi connectivity index (χ1) is 6.86. The monoisotopic (exact) mass is 197 g/mol. The van der Waals surface area contributed by atoms with E-state index < -0.39 is 0 Å². The van der Waals surface area contributed by atoms with Crippen molar-refractivity contribution < 1.29 is 4.74 Å². The summed E-state index contributed by atoms with van der Waals surface area (Å²) in [7, 11) is 0. The first kappa shape index (κ1) is 10.4. The molecule has 2 atom stereocenters. The van der Waals surface area contributed by atoms with Gasteiger partial charge in [0.15, 0.2) is 0 Å². The molecule has 1 saturated carbocycles. The molecular formula is C12H23NO. The van der Waals surface area contributed by atoms with E-state index in [0.717, 1.165) is 12.5 Å². The molecule has 2 heteroatoms. The maximum Gasteiger partial charge on any atom is 0.0625 e. The Balaban J connectivity index is 1.67. The Morgan fingerprint density at radius 2 is 1.93 bits per heavy atom. The number of piperidine rings is 1. The molecule has 2 fully saturated rings. The van der Waals surface area contributed by atoms with E-state index in [1.54, 1.807) is 0 Å². The molecule has 1 saturated heterocycles. The van der Waals surface area contributed by atoms with Gasteiger partial charge in [-0.2, -0.15) is 0 Å². The number of hydrogen-bond donors (Lipinski definition) is 1. The average Bonchev–Trinajstić information content (AvgIpc) is 2.69. The van der Waals surface area contributed by atoms with E-state index in [4.69, 9.17) is 4.74 Å². The molecule has 82 valence electrons. The largest absolute Gasteiger partial charge is 0.377 e. The van der Waals surface area contributed by atoms with Gasteiger partial charge >= 0.3 is 0 Å². The third kappa shape index (κ3) is 2.71. The summed E-state index contributed by atoms with van der Waals surface area (Å²) in [5.74, 6) is 0.796. The lowest BCUT2D eigenvalue weighted by atomic mass is 9.93. The number of rotatable bonds is 3. The molecule has 0 radical (unpaired) electrons. The zero-order valence-electron chi connectivity index (χ0n) is 9.30. The number of nitrogens with one attached hydrogen (secondary N) is 1. The highest BCUT2D eigenvalue weighted by molar-refractivity contribution is 4.79. The highest BCUT2D eigenvalue weighted by Gasteiger charge is 2.23. The summed E-state index contributed by atoms with van der Waals surface area (Å²) >= 11 is 0. The van der Waals surface area contributed by atoms with E-state index >= 15 is 0 Å². The van der Waals surface area contributed by atoms with Gasteiger partial charge in [-0.15, -0.1) is 0 Å². The van der Waals surface area contributed by atoms with E-state index in [9.17, 15) is 0 Å². The van der Waals surface area contributed by atoms with Crippen LogP contribution in [0.5, 0.6) is 0 Å². The minimum absolute atomic E-state index is 0.575. The molecule has 1 heterocycles. The van der Waals surface area contributed by atoms with Crippen LogP contribution in [-0.4, -0.2) is 25.3 Å². The molecule has 2 aliphatic rings. The fourth-order valence-electron chi connectivity index (χ4n) is 2.63. The quantitative estimate of drug-likeness (QED) is 0.750. The summed E-state index contributed by atoms with van der Waals surface area (Å²) in [5.41, 5.74) is 0. The zero-order valence-corrected chi connectivity index (χ0v) is 9.30. The van der Waals surface area contributed by atoms with Gasteiger partial charge in [0.25, 0.3) is 0 Å². The van der Waals surface area contributed by atoms with Crippen LogP contribution in [0.2, 0.25) is 0 Å². The Bertz CT molecular complexity index is 166. The molecule has 2 rings (SSSR count). The van der Waals surface area contributed by atoms with Crippen LogP contribution in [0.3, 0.4) is 0 Å². The molecule has 2 unspecified atom stereocenters. The van der Waals surface area contributed by atoms with Crippen LogP contribution in [-0.2, 0) is 4.74 Å². The van der Waals surface area contributed by atoms with Crippen molar-refractivity contribution in [1.82, 2.24) is 5.32 Å². The number of ether oxygens (including phenoxy) is 1. The van der Waals surface area contributed by atoms with Crippen LogP contribution in [0.25, 0.3) is 0 Å². The van der Waals surface area contributed by atoms with E-state index in [1.807, 2.05) is 0 Å². The molecule has 2 nitrogen and oxygen atoms in total. The Hall–Kier alpha value is -0.0800. The van der Waals surface area contributed by atoms with Gasteiger partial charge in [-0.1, -0.05) is 19.8 Å². The predicted octanol–water partition coefficient (Wildman–Crippen LogP) is 2.33. The summed E-state index contributed by atoms with van der Waals surface area (Å²) in [6.07, 6.45) is 8.61. The molecule has 1 N–H and O–H groups in total. The Kier molecular flexibility index (Phi) is 3.82. The second-order valence-corrected chi connectivity index (χ2v) is 4.92. The van der Waals surface area contributed by atoms with E-state index in [1.165, 1.54) is 45.1 Å². The molecular weight excluding hydrogens is 174 g/mol. The lowest BCUT2D eigenvalue weighted by Crippen LogP contribution is -2.43. The van der Waals surface area contributed by atoms with Gasteiger partial charge in [-0.3, -0.25) is 0 Å². The van der Waals surface area contributed by atoms with Crippen LogP contribution >= 0.6 is 0 Å². The summed E-state index contributed by atoms with van der Waals surface area (Å²) in [6.45, 7) is 4.46. The molecule has 0 aromatic rings. The van der Waals surface area contributed by atoms with E-state index in [-0.39, 0.29) is 0 Å². The van der Waals surface area contributed by atoms with Crippen molar-refractivity contribution in [2.24, 2.45) is 5.92 Å². The fourth-order valence-corrected chi connectivity index (χ4v) is 2.63. The summed E-state index contributed by atoms with van der Waals surface area (Å²) < 4.78 is 5.95. The first-order valence-electron chi connectivity index (χ1n) is 6.21. The highest BCUT2D eigenvalue weighted by atomic mass is 16.5. The summed E-state index contributed by atoms with van der Waals surface area (Å²) in [6, 6.07) is 0.615. The highest BCUT2D eigenvalue weighted by Crippen LogP contribution is 2.22. The van der Waals surface area contributed by atoms with Crippen molar-refractivity contribution in [2.45, 2.75) is 57.6 Å². The molecule has 0 spiro atoms. The summed E-state index contributed by atoms with van der Waals surface area (Å²) in [4.78, 5) is 0. The minimum Gasteiger partial charge on any atom is -0.377 e. The molecule has 14 heavy (non-hydrogen) atoms. The van der Waals surface area contributed by atoms with Gasteiger partial charge in [0.1, 0.15) is 0 Å². The lowest BCUT2D eigenvalue weighted by molar-refractivity contribution is 0.0277. The molecule has 1 aliphatic heterocycles. The Morgan fingerprint density at radius 3 is 2.64 bits per heavy atom. The Morgan fingerprint density at radius 1 is 1.14 bits per heavy atom. The van der Waals surface area contributed by atoms with Crippen LogP contribution in [0.15, 0.2) is 0 Å². The first-order valence-corrected chi connectivity index (χ1v) is 6.21. The van der Waals surface area contributed by atoms with E-state index in [0.29, 0.717) is 12.1 Å². The normalized spacial score (nSPS) is 34.9. The Labute approximate surface area is 87.4 Å². The fraction of sp³-hybridized carbons (Fsp3) is 1.00. The number of hydrogen-bond acceptors (Lipinski definition) is 2. The van der Waals surface area contributed by atoms with Gasteiger partial charge < -0.3 is 10.1 Å². The lowest BCUT2D eigenvalue weighted by Gasteiger charge is -2.30. The van der Waals surface area contributed by atoms with Crippen LogP contribution in [0.4, 0.5) is 0 Å². The average molecular weight is 197 g/mol. The molecule has 0 amide bonds. The zero-order chi connectivity index (χ0) is 9.80. The van der Waals surface area contributed by atoms with Crippen molar-refractivity contribution in [3.05, 3.63) is 0 Å². The topological polar surface area (TPSA) is 21.3 Å². The van der Waals surface area contributed by atoms with Crippen molar-refractivity contribution >= 4 is 0 Å². The second-order valence-electron chi connectivity index (χ2n) is 4.92.